The van der Waals surface area contributed by atoms with Gasteiger partial charge in [-0.25, -0.2) is 9.37 Å². The molecule has 0 unspecified atom stereocenters. The third kappa shape index (κ3) is 3.11. The first-order chi connectivity index (χ1) is 10.2. The number of rotatable bonds is 4. The van der Waals surface area contributed by atoms with E-state index in [0.717, 1.165) is 22.6 Å². The molecule has 0 aliphatic carbocycles. The molecule has 106 valence electrons. The molecule has 0 saturated carbocycles. The fourth-order valence-corrected chi connectivity index (χ4v) is 2.06. The van der Waals surface area contributed by atoms with Crippen LogP contribution in [0.3, 0.4) is 0 Å². The lowest BCUT2D eigenvalue weighted by molar-refractivity contribution is 0.572. The molecule has 3 rings (SSSR count). The van der Waals surface area contributed by atoms with E-state index < -0.39 is 0 Å². The van der Waals surface area contributed by atoms with Crippen LogP contribution in [0.15, 0.2) is 59.5 Å². The minimum absolute atomic E-state index is 0.171. The van der Waals surface area contributed by atoms with Gasteiger partial charge in [-0.3, -0.25) is 0 Å². The molecule has 1 N–H and O–H groups in total. The molecule has 1 aromatic heterocycles. The number of halogens is 1. The number of anilines is 1. The summed E-state index contributed by atoms with van der Waals surface area (Å²) >= 11 is 0. The zero-order valence-electron chi connectivity index (χ0n) is 11.6. The summed E-state index contributed by atoms with van der Waals surface area (Å²) in [6.07, 6.45) is 3.09. The van der Waals surface area contributed by atoms with Crippen LogP contribution in [-0.4, -0.2) is 4.98 Å². The largest absolute Gasteiger partial charge is 0.444 e. The van der Waals surface area contributed by atoms with Crippen molar-refractivity contribution in [2.45, 2.75) is 13.5 Å². The third-order valence-corrected chi connectivity index (χ3v) is 3.33. The molecule has 0 spiro atoms. The number of aromatic nitrogens is 1. The Morgan fingerprint density at radius 3 is 2.62 bits per heavy atom. The summed E-state index contributed by atoms with van der Waals surface area (Å²) in [7, 11) is 0. The van der Waals surface area contributed by atoms with Gasteiger partial charge in [-0.1, -0.05) is 12.1 Å². The van der Waals surface area contributed by atoms with Crippen LogP contribution in [-0.2, 0) is 6.54 Å². The number of nitrogens with one attached hydrogen (secondary N) is 1. The standard InChI is InChI=1S/C17H15FN2O/c1-12-2-3-13(8-16(12)18)9-20-15-6-4-14(5-7-15)17-10-19-11-21-17/h2-8,10-11,20H,9H2,1H3. The van der Waals surface area contributed by atoms with E-state index in [-0.39, 0.29) is 5.82 Å². The average molecular weight is 282 g/mol. The first-order valence-corrected chi connectivity index (χ1v) is 6.70. The molecule has 21 heavy (non-hydrogen) atoms. The molecule has 2 aromatic carbocycles. The number of hydrogen-bond acceptors (Lipinski definition) is 3. The molecular formula is C17H15FN2O. The highest BCUT2D eigenvalue weighted by Gasteiger charge is 2.02. The summed E-state index contributed by atoms with van der Waals surface area (Å²) in [5.41, 5.74) is 3.52. The van der Waals surface area contributed by atoms with Crippen molar-refractivity contribution in [3.05, 3.63) is 72.0 Å². The molecule has 0 bridgehead atoms. The highest BCUT2D eigenvalue weighted by Crippen LogP contribution is 2.21. The van der Waals surface area contributed by atoms with Crippen molar-refractivity contribution < 1.29 is 8.81 Å². The van der Waals surface area contributed by atoms with Crippen LogP contribution in [0.1, 0.15) is 11.1 Å². The van der Waals surface area contributed by atoms with E-state index in [0.29, 0.717) is 12.1 Å². The zero-order chi connectivity index (χ0) is 14.7. The van der Waals surface area contributed by atoms with Crippen LogP contribution in [0.25, 0.3) is 11.3 Å². The van der Waals surface area contributed by atoms with Crippen LogP contribution in [0.5, 0.6) is 0 Å². The normalized spacial score (nSPS) is 10.6. The second kappa shape index (κ2) is 5.79. The lowest BCUT2D eigenvalue weighted by Gasteiger charge is -2.08. The van der Waals surface area contributed by atoms with Gasteiger partial charge in [0.25, 0.3) is 0 Å². The number of hydrogen-bond donors (Lipinski definition) is 1. The smallest absolute Gasteiger partial charge is 0.181 e. The number of oxazole rings is 1. The van der Waals surface area contributed by atoms with Crippen LogP contribution in [0, 0.1) is 12.7 Å². The van der Waals surface area contributed by atoms with Crippen molar-refractivity contribution >= 4 is 5.69 Å². The van der Waals surface area contributed by atoms with Crippen molar-refractivity contribution in [2.75, 3.05) is 5.32 Å². The molecule has 0 fully saturated rings. The maximum absolute atomic E-state index is 13.5. The molecular weight excluding hydrogens is 267 g/mol. The Kier molecular flexibility index (Phi) is 3.69. The van der Waals surface area contributed by atoms with E-state index in [4.69, 9.17) is 4.42 Å². The highest BCUT2D eigenvalue weighted by molar-refractivity contribution is 5.60. The average Bonchev–Trinajstić information content (AvgIpc) is 3.03. The molecule has 3 aromatic rings. The molecule has 0 radical (unpaired) electrons. The predicted octanol–water partition coefficient (Wildman–Crippen LogP) is 4.40. The second-order valence-electron chi connectivity index (χ2n) is 4.88. The third-order valence-electron chi connectivity index (χ3n) is 3.33. The summed E-state index contributed by atoms with van der Waals surface area (Å²) < 4.78 is 18.7. The maximum atomic E-state index is 13.5. The maximum Gasteiger partial charge on any atom is 0.181 e. The summed E-state index contributed by atoms with van der Waals surface area (Å²) in [6, 6.07) is 13.1. The van der Waals surface area contributed by atoms with Crippen molar-refractivity contribution in [3.63, 3.8) is 0 Å². The van der Waals surface area contributed by atoms with Crippen molar-refractivity contribution in [1.82, 2.24) is 4.98 Å². The van der Waals surface area contributed by atoms with Gasteiger partial charge >= 0.3 is 0 Å². The van der Waals surface area contributed by atoms with Gasteiger partial charge in [0.15, 0.2) is 12.2 Å². The van der Waals surface area contributed by atoms with Gasteiger partial charge < -0.3 is 9.73 Å². The van der Waals surface area contributed by atoms with E-state index >= 15 is 0 Å². The van der Waals surface area contributed by atoms with Crippen LogP contribution < -0.4 is 5.32 Å². The van der Waals surface area contributed by atoms with E-state index in [2.05, 4.69) is 10.3 Å². The molecule has 0 amide bonds. The van der Waals surface area contributed by atoms with E-state index in [9.17, 15) is 4.39 Å². The molecule has 3 nitrogen and oxygen atoms in total. The van der Waals surface area contributed by atoms with E-state index in [1.807, 2.05) is 30.3 Å². The lowest BCUT2D eigenvalue weighted by atomic mass is 10.1. The Hall–Kier alpha value is -2.62. The fraction of sp³-hybridized carbons (Fsp3) is 0.118. The van der Waals surface area contributed by atoms with Crippen molar-refractivity contribution in [1.29, 1.82) is 0 Å². The number of aryl methyl sites for hydroxylation is 1. The van der Waals surface area contributed by atoms with Crippen LogP contribution in [0.2, 0.25) is 0 Å². The number of benzene rings is 2. The highest BCUT2D eigenvalue weighted by atomic mass is 19.1. The Bertz CT molecular complexity index is 721. The summed E-state index contributed by atoms with van der Waals surface area (Å²) in [6.45, 7) is 2.34. The SMILES string of the molecule is Cc1ccc(CNc2ccc(-c3cnco3)cc2)cc1F. The Morgan fingerprint density at radius 1 is 1.14 bits per heavy atom. The van der Waals surface area contributed by atoms with Crippen molar-refractivity contribution in [3.8, 4) is 11.3 Å². The fourth-order valence-electron chi connectivity index (χ4n) is 2.06. The van der Waals surface area contributed by atoms with Crippen LogP contribution >= 0.6 is 0 Å². The summed E-state index contributed by atoms with van der Waals surface area (Å²) in [5.74, 6) is 0.567. The van der Waals surface area contributed by atoms with Gasteiger partial charge in [0.2, 0.25) is 0 Å². The topological polar surface area (TPSA) is 38.1 Å². The minimum atomic E-state index is -0.171. The van der Waals surface area contributed by atoms with Gasteiger partial charge in [-0.15, -0.1) is 0 Å². The minimum Gasteiger partial charge on any atom is -0.444 e. The summed E-state index contributed by atoms with van der Waals surface area (Å²) in [4.78, 5) is 3.89. The first kappa shape index (κ1) is 13.4. The zero-order valence-corrected chi connectivity index (χ0v) is 11.6. The molecule has 0 atom stereocenters. The van der Waals surface area contributed by atoms with Gasteiger partial charge in [-0.05, 0) is 48.4 Å². The molecule has 0 aliphatic heterocycles. The Labute approximate surface area is 122 Å². The quantitative estimate of drug-likeness (QED) is 0.770. The molecule has 4 heteroatoms. The monoisotopic (exact) mass is 282 g/mol. The van der Waals surface area contributed by atoms with Gasteiger partial charge in [0.05, 0.1) is 6.20 Å². The molecule has 1 heterocycles. The predicted molar refractivity (Wildman–Crippen MR) is 80.4 cm³/mol. The second-order valence-corrected chi connectivity index (χ2v) is 4.88. The molecule has 0 saturated heterocycles. The first-order valence-electron chi connectivity index (χ1n) is 6.70. The van der Waals surface area contributed by atoms with Gasteiger partial charge in [0.1, 0.15) is 5.82 Å². The summed E-state index contributed by atoms with van der Waals surface area (Å²) in [5, 5.41) is 3.27. The molecule has 0 aliphatic rings. The lowest BCUT2D eigenvalue weighted by Crippen LogP contribution is -2.00. The Balaban J connectivity index is 1.66. The van der Waals surface area contributed by atoms with Gasteiger partial charge in [0, 0.05) is 17.8 Å². The van der Waals surface area contributed by atoms with E-state index in [1.165, 1.54) is 6.39 Å². The van der Waals surface area contributed by atoms with Crippen molar-refractivity contribution in [2.24, 2.45) is 0 Å². The van der Waals surface area contributed by atoms with Crippen LogP contribution in [0.4, 0.5) is 10.1 Å². The van der Waals surface area contributed by atoms with E-state index in [1.54, 1.807) is 25.3 Å². The number of nitrogens with zero attached hydrogens (tertiary/aromatic N) is 1. The van der Waals surface area contributed by atoms with Gasteiger partial charge in [-0.2, -0.15) is 0 Å². The Morgan fingerprint density at radius 2 is 1.95 bits per heavy atom.